The van der Waals surface area contributed by atoms with Gasteiger partial charge in [0.05, 0.1) is 4.92 Å². The van der Waals surface area contributed by atoms with Gasteiger partial charge in [-0.15, -0.1) is 0 Å². The van der Waals surface area contributed by atoms with E-state index in [1.165, 1.54) is 6.07 Å². The monoisotopic (exact) mass is 270 g/mol. The van der Waals surface area contributed by atoms with Gasteiger partial charge in [-0.3, -0.25) is 10.1 Å². The molecule has 2 N–H and O–H groups in total. The molecule has 0 atom stereocenters. The average Bonchev–Trinajstić information content (AvgIpc) is 2.35. The quantitative estimate of drug-likeness (QED) is 0.431. The third kappa shape index (κ3) is 4.93. The number of hydrogen-bond acceptors (Lipinski definition) is 5. The largest absolute Gasteiger partial charge is 0.396 e. The first kappa shape index (κ1) is 14.8. The molecule has 5 nitrogen and oxygen atoms in total. The van der Waals surface area contributed by atoms with Crippen molar-refractivity contribution in [2.45, 2.75) is 13.3 Å². The molecule has 0 aliphatic rings. The van der Waals surface area contributed by atoms with Gasteiger partial charge >= 0.3 is 0 Å². The van der Waals surface area contributed by atoms with Gasteiger partial charge in [-0.2, -0.15) is 11.8 Å². The van der Waals surface area contributed by atoms with Gasteiger partial charge in [0.1, 0.15) is 0 Å². The summed E-state index contributed by atoms with van der Waals surface area (Å²) in [6.45, 7) is 2.91. The molecule has 6 heteroatoms. The summed E-state index contributed by atoms with van der Waals surface area (Å²) in [6.07, 6.45) is 0.821. The zero-order valence-electron chi connectivity index (χ0n) is 10.4. The Morgan fingerprint density at radius 1 is 1.44 bits per heavy atom. The molecule has 0 amide bonds. The van der Waals surface area contributed by atoms with Crippen LogP contribution in [0.4, 0.5) is 11.4 Å². The average molecular weight is 270 g/mol. The molecule has 0 aliphatic carbocycles. The number of hydrogen-bond donors (Lipinski definition) is 2. The first-order chi connectivity index (χ1) is 8.65. The van der Waals surface area contributed by atoms with E-state index in [4.69, 9.17) is 5.11 Å². The SMILES string of the molecule is Cc1cc([N+](=O)[O-])ccc1NCCSCCCO. The molecule has 1 aromatic rings. The second kappa shape index (κ2) is 7.94. The maximum Gasteiger partial charge on any atom is 0.269 e. The lowest BCUT2D eigenvalue weighted by Gasteiger charge is -2.08. The number of aliphatic hydroxyl groups excluding tert-OH is 1. The molecule has 1 aromatic carbocycles. The summed E-state index contributed by atoms with van der Waals surface area (Å²) in [5, 5.41) is 22.5. The summed E-state index contributed by atoms with van der Waals surface area (Å²) in [5.41, 5.74) is 1.93. The summed E-state index contributed by atoms with van der Waals surface area (Å²) in [6, 6.07) is 4.82. The van der Waals surface area contributed by atoms with Gasteiger partial charge in [0, 0.05) is 36.7 Å². The molecule has 1 rings (SSSR count). The predicted molar refractivity (Wildman–Crippen MR) is 75.4 cm³/mol. The van der Waals surface area contributed by atoms with Crippen LogP contribution < -0.4 is 5.32 Å². The number of aryl methyl sites for hydroxylation is 1. The van der Waals surface area contributed by atoms with E-state index >= 15 is 0 Å². The first-order valence-electron chi connectivity index (χ1n) is 5.82. The fourth-order valence-electron chi connectivity index (χ4n) is 1.49. The molecular weight excluding hydrogens is 252 g/mol. The fraction of sp³-hybridized carbons (Fsp3) is 0.500. The van der Waals surface area contributed by atoms with Gasteiger partial charge in [-0.25, -0.2) is 0 Å². The molecule has 0 unspecified atom stereocenters. The Labute approximate surface area is 111 Å². The molecule has 18 heavy (non-hydrogen) atoms. The van der Waals surface area contributed by atoms with Crippen molar-refractivity contribution in [3.63, 3.8) is 0 Å². The predicted octanol–water partition coefficient (Wildman–Crippen LogP) is 2.43. The lowest BCUT2D eigenvalue weighted by atomic mass is 10.2. The molecule has 100 valence electrons. The van der Waals surface area contributed by atoms with Crippen LogP contribution >= 0.6 is 11.8 Å². The zero-order chi connectivity index (χ0) is 13.4. The Bertz CT molecular complexity index is 399. The first-order valence-corrected chi connectivity index (χ1v) is 6.98. The Morgan fingerprint density at radius 3 is 2.83 bits per heavy atom. The van der Waals surface area contributed by atoms with Crippen LogP contribution in [0.3, 0.4) is 0 Å². The molecule has 0 aromatic heterocycles. The Kier molecular flexibility index (Phi) is 6.53. The number of anilines is 1. The summed E-state index contributed by atoms with van der Waals surface area (Å²) in [4.78, 5) is 10.2. The minimum Gasteiger partial charge on any atom is -0.396 e. The van der Waals surface area contributed by atoms with Crippen molar-refractivity contribution in [2.24, 2.45) is 0 Å². The minimum atomic E-state index is -0.387. The number of rotatable bonds is 8. The van der Waals surface area contributed by atoms with Crippen molar-refractivity contribution in [1.29, 1.82) is 0 Å². The fourth-order valence-corrected chi connectivity index (χ4v) is 2.27. The van der Waals surface area contributed by atoms with Crippen LogP contribution in [0.1, 0.15) is 12.0 Å². The molecule has 0 saturated heterocycles. The highest BCUT2D eigenvalue weighted by atomic mass is 32.2. The van der Waals surface area contributed by atoms with Gasteiger partial charge < -0.3 is 10.4 Å². The molecular formula is C12H18N2O3S. The van der Waals surface area contributed by atoms with Gasteiger partial charge in [-0.1, -0.05) is 0 Å². The second-order valence-electron chi connectivity index (χ2n) is 3.87. The molecule has 0 saturated carbocycles. The highest BCUT2D eigenvalue weighted by Crippen LogP contribution is 2.21. The smallest absolute Gasteiger partial charge is 0.269 e. The number of non-ortho nitro benzene ring substituents is 1. The summed E-state index contributed by atoms with van der Waals surface area (Å²) in [7, 11) is 0. The number of aliphatic hydroxyl groups is 1. The number of nitro benzene ring substituents is 1. The van der Waals surface area contributed by atoms with Gasteiger partial charge in [0.25, 0.3) is 5.69 Å². The third-order valence-electron chi connectivity index (χ3n) is 2.43. The van der Waals surface area contributed by atoms with Crippen LogP contribution in [0, 0.1) is 17.0 Å². The maximum atomic E-state index is 10.6. The van der Waals surface area contributed by atoms with Crippen LogP contribution in [0.15, 0.2) is 18.2 Å². The molecule has 0 bridgehead atoms. The van der Waals surface area contributed by atoms with Crippen molar-refractivity contribution < 1.29 is 10.0 Å². The number of nitrogens with one attached hydrogen (secondary N) is 1. The molecule has 0 spiro atoms. The molecule has 0 heterocycles. The molecule has 0 fully saturated rings. The van der Waals surface area contributed by atoms with Crippen LogP contribution in [0.25, 0.3) is 0 Å². The van der Waals surface area contributed by atoms with Crippen molar-refractivity contribution in [1.82, 2.24) is 0 Å². The van der Waals surface area contributed by atoms with Crippen molar-refractivity contribution in [3.05, 3.63) is 33.9 Å². The van der Waals surface area contributed by atoms with Crippen LogP contribution in [0.5, 0.6) is 0 Å². The lowest BCUT2D eigenvalue weighted by molar-refractivity contribution is -0.384. The van der Waals surface area contributed by atoms with Crippen molar-refractivity contribution in [2.75, 3.05) is 30.0 Å². The van der Waals surface area contributed by atoms with Crippen molar-refractivity contribution >= 4 is 23.1 Å². The maximum absolute atomic E-state index is 10.6. The Hall–Kier alpha value is -1.27. The minimum absolute atomic E-state index is 0.121. The lowest BCUT2D eigenvalue weighted by Crippen LogP contribution is -2.06. The zero-order valence-corrected chi connectivity index (χ0v) is 11.2. The topological polar surface area (TPSA) is 75.4 Å². The summed E-state index contributed by atoms with van der Waals surface area (Å²) in [5.74, 6) is 1.91. The van der Waals surface area contributed by atoms with Gasteiger partial charge in [-0.05, 0) is 30.7 Å². The highest BCUT2D eigenvalue weighted by molar-refractivity contribution is 7.99. The normalized spacial score (nSPS) is 10.3. The summed E-state index contributed by atoms with van der Waals surface area (Å²) >= 11 is 1.78. The van der Waals surface area contributed by atoms with E-state index < -0.39 is 0 Å². The summed E-state index contributed by atoms with van der Waals surface area (Å²) < 4.78 is 0. The third-order valence-corrected chi connectivity index (χ3v) is 3.50. The molecule has 0 aliphatic heterocycles. The highest BCUT2D eigenvalue weighted by Gasteiger charge is 2.07. The van der Waals surface area contributed by atoms with Gasteiger partial charge in [0.2, 0.25) is 0 Å². The number of thioether (sulfide) groups is 1. The number of benzene rings is 1. The van der Waals surface area contributed by atoms with E-state index in [9.17, 15) is 10.1 Å². The van der Waals surface area contributed by atoms with E-state index in [1.54, 1.807) is 23.9 Å². The van der Waals surface area contributed by atoms with Crippen LogP contribution in [0.2, 0.25) is 0 Å². The van der Waals surface area contributed by atoms with E-state index in [0.29, 0.717) is 0 Å². The molecule has 0 radical (unpaired) electrons. The van der Waals surface area contributed by atoms with E-state index in [0.717, 1.165) is 35.7 Å². The van der Waals surface area contributed by atoms with Crippen molar-refractivity contribution in [3.8, 4) is 0 Å². The van der Waals surface area contributed by atoms with E-state index in [-0.39, 0.29) is 17.2 Å². The van der Waals surface area contributed by atoms with Gasteiger partial charge in [0.15, 0.2) is 0 Å². The second-order valence-corrected chi connectivity index (χ2v) is 5.10. The van der Waals surface area contributed by atoms with Crippen LogP contribution in [-0.2, 0) is 0 Å². The number of nitrogens with zero attached hydrogens (tertiary/aromatic N) is 1. The van der Waals surface area contributed by atoms with E-state index in [2.05, 4.69) is 5.32 Å². The van der Waals surface area contributed by atoms with Crippen LogP contribution in [-0.4, -0.2) is 34.7 Å². The Balaban J connectivity index is 2.36. The number of nitro groups is 1. The Morgan fingerprint density at radius 2 is 2.22 bits per heavy atom. The van der Waals surface area contributed by atoms with E-state index in [1.807, 2.05) is 6.92 Å². The standard InChI is InChI=1S/C12H18N2O3S/c1-10-9-11(14(16)17)3-4-12(10)13-5-8-18-7-2-6-15/h3-4,9,13,15H,2,5-8H2,1H3.